The zero-order chi connectivity index (χ0) is 19.7. The van der Waals surface area contributed by atoms with Gasteiger partial charge in [0.1, 0.15) is 11.8 Å². The number of esters is 1. The van der Waals surface area contributed by atoms with E-state index >= 15 is 0 Å². The Morgan fingerprint density at radius 2 is 2.00 bits per heavy atom. The maximum absolute atomic E-state index is 12.6. The first-order valence-electron chi connectivity index (χ1n) is 7.87. The Morgan fingerprint density at radius 3 is 2.54 bits per heavy atom. The van der Waals surface area contributed by atoms with Crippen LogP contribution >= 0.6 is 0 Å². The van der Waals surface area contributed by atoms with Crippen molar-refractivity contribution in [2.75, 3.05) is 32.7 Å². The van der Waals surface area contributed by atoms with Crippen molar-refractivity contribution in [1.82, 2.24) is 5.32 Å². The number of nitrogens with zero attached hydrogens (tertiary/aromatic N) is 1. The Bertz CT molecular complexity index is 708. The number of fused-ring (bicyclic) bond motifs is 1. The van der Waals surface area contributed by atoms with E-state index in [1.807, 2.05) is 24.9 Å². The molecule has 6 nitrogen and oxygen atoms in total. The lowest BCUT2D eigenvalue weighted by atomic mass is 9.78. The first kappa shape index (κ1) is 19.9. The van der Waals surface area contributed by atoms with Gasteiger partial charge in [0, 0.05) is 24.7 Å². The number of benzene rings is 1. The molecule has 0 saturated heterocycles. The van der Waals surface area contributed by atoms with Crippen molar-refractivity contribution in [2.45, 2.75) is 31.0 Å². The summed E-state index contributed by atoms with van der Waals surface area (Å²) < 4.78 is 47.6. The van der Waals surface area contributed by atoms with Crippen molar-refractivity contribution >= 4 is 17.6 Å². The molecule has 1 aliphatic heterocycles. The molecule has 1 heterocycles. The minimum atomic E-state index is -5.08. The molecule has 1 aromatic carbocycles. The SMILES string of the molecule is COC(=O)[C@H](C[C@]1(C)CN(C)c2ccc(OC)cc21)NC(=O)C(F)(F)F. The molecule has 26 heavy (non-hydrogen) atoms. The monoisotopic (exact) mass is 374 g/mol. The van der Waals surface area contributed by atoms with Crippen molar-refractivity contribution in [3.63, 3.8) is 0 Å². The minimum Gasteiger partial charge on any atom is -0.497 e. The molecule has 2 atom stereocenters. The van der Waals surface area contributed by atoms with E-state index in [-0.39, 0.29) is 6.42 Å². The molecule has 0 radical (unpaired) electrons. The highest BCUT2D eigenvalue weighted by atomic mass is 19.4. The maximum atomic E-state index is 12.6. The third kappa shape index (κ3) is 3.86. The number of hydrogen-bond acceptors (Lipinski definition) is 5. The molecule has 0 fully saturated rings. The zero-order valence-corrected chi connectivity index (χ0v) is 14.9. The fourth-order valence-corrected chi connectivity index (χ4v) is 3.35. The van der Waals surface area contributed by atoms with E-state index in [2.05, 4.69) is 4.74 Å². The molecule has 1 aliphatic rings. The van der Waals surface area contributed by atoms with E-state index in [9.17, 15) is 22.8 Å². The van der Waals surface area contributed by atoms with Crippen LogP contribution in [0.3, 0.4) is 0 Å². The molecule has 9 heteroatoms. The molecule has 1 amide bonds. The number of halogens is 3. The Balaban J connectivity index is 2.34. The van der Waals surface area contributed by atoms with Gasteiger partial charge in [-0.3, -0.25) is 4.79 Å². The van der Waals surface area contributed by atoms with Crippen molar-refractivity contribution in [3.05, 3.63) is 23.8 Å². The average Bonchev–Trinajstić information content (AvgIpc) is 2.82. The predicted molar refractivity (Wildman–Crippen MR) is 88.2 cm³/mol. The third-order valence-electron chi connectivity index (χ3n) is 4.55. The molecule has 144 valence electrons. The number of hydrogen-bond donors (Lipinski definition) is 1. The Kier molecular flexibility index (Phi) is 5.39. The molecule has 0 saturated carbocycles. The van der Waals surface area contributed by atoms with Crippen LogP contribution in [0, 0.1) is 0 Å². The number of alkyl halides is 3. The van der Waals surface area contributed by atoms with Gasteiger partial charge in [-0.2, -0.15) is 13.2 Å². The fourth-order valence-electron chi connectivity index (χ4n) is 3.35. The van der Waals surface area contributed by atoms with Crippen molar-refractivity contribution in [2.24, 2.45) is 0 Å². The van der Waals surface area contributed by atoms with Crippen LogP contribution in [0.25, 0.3) is 0 Å². The van der Waals surface area contributed by atoms with E-state index in [0.717, 1.165) is 18.4 Å². The quantitative estimate of drug-likeness (QED) is 0.799. The van der Waals surface area contributed by atoms with Crippen molar-refractivity contribution in [1.29, 1.82) is 0 Å². The largest absolute Gasteiger partial charge is 0.497 e. The van der Waals surface area contributed by atoms with E-state index in [1.165, 1.54) is 7.11 Å². The first-order valence-corrected chi connectivity index (χ1v) is 7.87. The maximum Gasteiger partial charge on any atom is 0.471 e. The molecule has 0 spiro atoms. The number of rotatable bonds is 5. The summed E-state index contributed by atoms with van der Waals surface area (Å²) in [7, 11) is 4.42. The number of carbonyl (C=O) groups is 2. The molecule has 1 aromatic rings. The molecule has 0 bridgehead atoms. The van der Waals surface area contributed by atoms with Crippen molar-refractivity contribution in [3.8, 4) is 5.75 Å². The second kappa shape index (κ2) is 7.05. The van der Waals surface area contributed by atoms with E-state index in [1.54, 1.807) is 17.4 Å². The topological polar surface area (TPSA) is 67.9 Å². The summed E-state index contributed by atoms with van der Waals surface area (Å²) in [6.45, 7) is 2.29. The number of nitrogens with one attached hydrogen (secondary N) is 1. The van der Waals surface area contributed by atoms with Crippen LogP contribution in [-0.4, -0.2) is 51.9 Å². The van der Waals surface area contributed by atoms with Gasteiger partial charge in [-0.1, -0.05) is 6.92 Å². The van der Waals surface area contributed by atoms with Gasteiger partial charge in [-0.15, -0.1) is 0 Å². The summed E-state index contributed by atoms with van der Waals surface area (Å²) in [5.74, 6) is -2.50. The highest BCUT2D eigenvalue weighted by Crippen LogP contribution is 2.44. The predicted octanol–water partition coefficient (Wildman–Crippen LogP) is 2.01. The number of amides is 1. The van der Waals surface area contributed by atoms with Crippen LogP contribution in [0.2, 0.25) is 0 Å². The first-order chi connectivity index (χ1) is 12.0. The number of anilines is 1. The fraction of sp³-hybridized carbons (Fsp3) is 0.529. The van der Waals surface area contributed by atoms with E-state index in [4.69, 9.17) is 4.74 Å². The summed E-state index contributed by atoms with van der Waals surface area (Å²) in [4.78, 5) is 25.2. The van der Waals surface area contributed by atoms with Gasteiger partial charge >= 0.3 is 18.1 Å². The Hall–Kier alpha value is -2.45. The summed E-state index contributed by atoms with van der Waals surface area (Å²) in [6, 6.07) is 3.99. The third-order valence-corrected chi connectivity index (χ3v) is 4.55. The van der Waals surface area contributed by atoms with E-state index in [0.29, 0.717) is 12.3 Å². The van der Waals surface area contributed by atoms with Crippen molar-refractivity contribution < 1.29 is 32.2 Å². The van der Waals surface area contributed by atoms with Gasteiger partial charge < -0.3 is 19.7 Å². The van der Waals surface area contributed by atoms with Crippen LogP contribution in [-0.2, 0) is 19.7 Å². The molecule has 1 N–H and O–H groups in total. The number of methoxy groups -OCH3 is 2. The minimum absolute atomic E-state index is 0.0496. The van der Waals surface area contributed by atoms with Gasteiger partial charge in [0.25, 0.3) is 0 Å². The molecule has 0 unspecified atom stereocenters. The lowest BCUT2D eigenvalue weighted by molar-refractivity contribution is -0.175. The van der Waals surface area contributed by atoms with Gasteiger partial charge in [0.15, 0.2) is 0 Å². The summed E-state index contributed by atoms with van der Waals surface area (Å²) in [6.07, 6.45) is -5.13. The Morgan fingerprint density at radius 1 is 1.35 bits per heavy atom. The average molecular weight is 374 g/mol. The Labute approximate surface area is 149 Å². The molecular formula is C17H21F3N2O4. The molecular weight excluding hydrogens is 353 g/mol. The van der Waals surface area contributed by atoms with Crippen LogP contribution in [0.1, 0.15) is 18.9 Å². The van der Waals surface area contributed by atoms with Gasteiger partial charge in [0.05, 0.1) is 14.2 Å². The molecule has 0 aliphatic carbocycles. The van der Waals surface area contributed by atoms with E-state index < -0.39 is 29.5 Å². The number of carbonyl (C=O) groups excluding carboxylic acids is 2. The number of likely N-dealkylation sites (N-methyl/N-ethyl adjacent to an activating group) is 1. The standard InChI is InChI=1S/C17H21F3N2O4/c1-16(8-12(14(23)26-4)21-15(24)17(18,19)20)9-22(2)13-6-5-10(25-3)7-11(13)16/h5-7,12H,8-9H2,1-4H3,(H,21,24)/t12-,16+/m0/s1. The molecule has 2 rings (SSSR count). The normalized spacial score (nSPS) is 20.3. The smallest absolute Gasteiger partial charge is 0.471 e. The summed E-state index contributed by atoms with van der Waals surface area (Å²) in [5, 5.41) is 1.75. The second-order valence-electron chi connectivity index (χ2n) is 6.55. The van der Waals surface area contributed by atoms with Crippen LogP contribution in [0.5, 0.6) is 5.75 Å². The van der Waals surface area contributed by atoms with Gasteiger partial charge in [-0.05, 0) is 30.2 Å². The summed E-state index contributed by atoms with van der Waals surface area (Å²) >= 11 is 0. The van der Waals surface area contributed by atoms with Crippen LogP contribution < -0.4 is 15.0 Å². The summed E-state index contributed by atoms with van der Waals surface area (Å²) in [5.41, 5.74) is 1.03. The van der Waals surface area contributed by atoms with Gasteiger partial charge in [0.2, 0.25) is 0 Å². The second-order valence-corrected chi connectivity index (χ2v) is 6.55. The van der Waals surface area contributed by atoms with Gasteiger partial charge in [-0.25, -0.2) is 4.79 Å². The highest BCUT2D eigenvalue weighted by molar-refractivity contribution is 5.87. The highest BCUT2D eigenvalue weighted by Gasteiger charge is 2.45. The zero-order valence-electron chi connectivity index (χ0n) is 14.9. The lowest BCUT2D eigenvalue weighted by Gasteiger charge is -2.29. The number of ether oxygens (including phenoxy) is 2. The van der Waals surface area contributed by atoms with Crippen LogP contribution in [0.4, 0.5) is 18.9 Å². The molecule has 0 aromatic heterocycles. The van der Waals surface area contributed by atoms with Crippen LogP contribution in [0.15, 0.2) is 18.2 Å². The lowest BCUT2D eigenvalue weighted by Crippen LogP contribution is -2.50.